The summed E-state index contributed by atoms with van der Waals surface area (Å²) in [5.41, 5.74) is 7.36. The van der Waals surface area contributed by atoms with E-state index in [1.807, 2.05) is 10.3 Å². The molecule has 0 bridgehead atoms. The fraction of sp³-hybridized carbons (Fsp3) is 0.286. The third-order valence-electron chi connectivity index (χ3n) is 4.68. The quantitative estimate of drug-likeness (QED) is 0.533. The van der Waals surface area contributed by atoms with Crippen molar-refractivity contribution in [3.63, 3.8) is 0 Å². The highest BCUT2D eigenvalue weighted by atomic mass is 32.9. The van der Waals surface area contributed by atoms with Crippen LogP contribution in [0, 0.1) is 6.92 Å². The van der Waals surface area contributed by atoms with Gasteiger partial charge in [-0.3, -0.25) is 0 Å². The molecule has 0 unspecified atom stereocenters. The predicted molar refractivity (Wildman–Crippen MR) is 110 cm³/mol. The summed E-state index contributed by atoms with van der Waals surface area (Å²) >= 11 is 0. The molecule has 2 aromatic carbocycles. The minimum Gasteiger partial charge on any atom is -0.375 e. The highest BCUT2D eigenvalue weighted by Gasteiger charge is 2.33. The first kappa shape index (κ1) is 16.6. The molecule has 1 aromatic heterocycles. The summed E-state index contributed by atoms with van der Waals surface area (Å²) in [5, 5.41) is 3.69. The summed E-state index contributed by atoms with van der Waals surface area (Å²) in [5.74, 6) is 0. The van der Waals surface area contributed by atoms with Crippen LogP contribution in [-0.2, 0) is 12.0 Å². The van der Waals surface area contributed by atoms with Crippen molar-refractivity contribution >= 4 is 32.1 Å². The molecule has 128 valence electrons. The predicted octanol–water partition coefficient (Wildman–Crippen LogP) is 6.24. The molecule has 0 spiro atoms. The van der Waals surface area contributed by atoms with Crippen molar-refractivity contribution in [1.82, 2.24) is 0 Å². The van der Waals surface area contributed by atoms with E-state index in [1.165, 1.54) is 32.8 Å². The highest BCUT2D eigenvalue weighted by Crippen LogP contribution is 2.45. The van der Waals surface area contributed by atoms with Crippen LogP contribution in [0.15, 0.2) is 47.5 Å². The van der Waals surface area contributed by atoms with Crippen molar-refractivity contribution in [3.05, 3.63) is 63.1 Å². The normalized spacial score (nSPS) is 15.4. The summed E-state index contributed by atoms with van der Waals surface area (Å²) in [6, 6.07) is 15.2. The smallest absolute Gasteiger partial charge is 0.135 e. The minimum atomic E-state index is -0.0708. The number of anilines is 1. The molecule has 1 N–H and O–H groups in total. The van der Waals surface area contributed by atoms with E-state index < -0.39 is 0 Å². The van der Waals surface area contributed by atoms with Gasteiger partial charge >= 0.3 is 0 Å². The molecule has 2 nitrogen and oxygen atoms in total. The molecule has 0 aliphatic carbocycles. The lowest BCUT2D eigenvalue weighted by molar-refractivity contribution is 0.619. The number of fused-ring (bicyclic) bond motifs is 3. The van der Waals surface area contributed by atoms with Crippen LogP contribution in [0.3, 0.4) is 0 Å². The third kappa shape index (κ3) is 2.94. The maximum absolute atomic E-state index is 4.99. The lowest BCUT2D eigenvalue weighted by Gasteiger charge is -2.33. The van der Waals surface area contributed by atoms with E-state index in [0.717, 1.165) is 16.8 Å². The van der Waals surface area contributed by atoms with E-state index in [-0.39, 0.29) is 5.54 Å². The maximum atomic E-state index is 4.99. The van der Waals surface area contributed by atoms with Crippen LogP contribution in [0.5, 0.6) is 0 Å². The molecule has 0 amide bonds. The Hall–Kier alpha value is -1.91. The maximum Gasteiger partial charge on any atom is 0.135 e. The highest BCUT2D eigenvalue weighted by molar-refractivity contribution is 7.68. The molecule has 3 aromatic rings. The van der Waals surface area contributed by atoms with Gasteiger partial charge in [-0.05, 0) is 57.0 Å². The van der Waals surface area contributed by atoms with Crippen LogP contribution in [0.4, 0.5) is 11.4 Å². The van der Waals surface area contributed by atoms with E-state index in [9.17, 15) is 0 Å². The van der Waals surface area contributed by atoms with Crippen LogP contribution in [0.1, 0.15) is 36.8 Å². The van der Waals surface area contributed by atoms with E-state index in [1.54, 1.807) is 10.3 Å². The average molecular weight is 367 g/mol. The Kier molecular flexibility index (Phi) is 4.05. The van der Waals surface area contributed by atoms with Gasteiger partial charge in [0.05, 0.1) is 16.1 Å². The minimum absolute atomic E-state index is 0.0708. The van der Waals surface area contributed by atoms with E-state index in [4.69, 9.17) is 4.99 Å². The second-order valence-corrected chi connectivity index (χ2v) is 9.24. The molecule has 4 heteroatoms. The number of aryl methyl sites for hydroxylation is 2. The largest absolute Gasteiger partial charge is 0.375 e. The Morgan fingerprint density at radius 3 is 2.52 bits per heavy atom. The van der Waals surface area contributed by atoms with Crippen LogP contribution >= 0.6 is 20.7 Å². The Morgan fingerprint density at radius 2 is 1.80 bits per heavy atom. The SMILES string of the molecule is CCc1ccc(N=c2ssc3c2-c2cc(C)ccc2NC3(C)C)cc1. The second-order valence-electron chi connectivity index (χ2n) is 7.11. The van der Waals surface area contributed by atoms with Gasteiger partial charge in [-0.2, -0.15) is 0 Å². The van der Waals surface area contributed by atoms with Gasteiger partial charge in [-0.15, -0.1) is 0 Å². The number of rotatable bonds is 2. The van der Waals surface area contributed by atoms with Crippen molar-refractivity contribution < 1.29 is 0 Å². The monoisotopic (exact) mass is 366 g/mol. The number of benzene rings is 2. The molecule has 0 saturated carbocycles. The first-order valence-electron chi connectivity index (χ1n) is 8.64. The van der Waals surface area contributed by atoms with Crippen molar-refractivity contribution in [2.24, 2.45) is 4.99 Å². The standard InChI is InChI=1S/C21H22N2S2/c1-5-14-7-9-15(10-8-14)22-20-18-16-12-13(2)6-11-17(16)23-21(3,4)19(18)24-25-20/h6-12,23H,5H2,1-4H3. The molecular formula is C21H22N2S2. The summed E-state index contributed by atoms with van der Waals surface area (Å²) in [6.45, 7) is 8.82. The summed E-state index contributed by atoms with van der Waals surface area (Å²) in [4.78, 5) is 6.36. The summed E-state index contributed by atoms with van der Waals surface area (Å²) in [6.07, 6.45) is 1.06. The summed E-state index contributed by atoms with van der Waals surface area (Å²) < 4.78 is 1.12. The van der Waals surface area contributed by atoms with Crippen molar-refractivity contribution in [3.8, 4) is 11.1 Å². The summed E-state index contributed by atoms with van der Waals surface area (Å²) in [7, 11) is 3.62. The Bertz CT molecular complexity index is 991. The first-order valence-corrected chi connectivity index (χ1v) is 10.8. The molecule has 0 radical (unpaired) electrons. The number of hydrogen-bond acceptors (Lipinski definition) is 4. The lowest BCUT2D eigenvalue weighted by atomic mass is 9.89. The molecule has 1 aliphatic heterocycles. The molecule has 25 heavy (non-hydrogen) atoms. The van der Waals surface area contributed by atoms with Crippen LogP contribution in [0.2, 0.25) is 0 Å². The molecule has 0 saturated heterocycles. The van der Waals surface area contributed by atoms with Crippen LogP contribution in [0.25, 0.3) is 11.1 Å². The molecule has 0 atom stereocenters. The van der Waals surface area contributed by atoms with Crippen LogP contribution in [-0.4, -0.2) is 0 Å². The van der Waals surface area contributed by atoms with Gasteiger partial charge in [0.1, 0.15) is 4.67 Å². The third-order valence-corrected chi connectivity index (χ3v) is 7.32. The first-order chi connectivity index (χ1) is 12.0. The number of hydrogen-bond donors (Lipinski definition) is 1. The zero-order valence-corrected chi connectivity index (χ0v) is 16.6. The molecule has 4 rings (SSSR count). The van der Waals surface area contributed by atoms with Gasteiger partial charge in [-0.25, -0.2) is 4.99 Å². The molecular weight excluding hydrogens is 344 g/mol. The second kappa shape index (κ2) is 6.11. The van der Waals surface area contributed by atoms with Gasteiger partial charge in [-0.1, -0.05) is 51.4 Å². The Labute approximate surface area is 156 Å². The zero-order valence-electron chi connectivity index (χ0n) is 15.0. The lowest BCUT2D eigenvalue weighted by Crippen LogP contribution is -2.31. The van der Waals surface area contributed by atoms with Gasteiger partial charge in [0, 0.05) is 16.8 Å². The van der Waals surface area contributed by atoms with Gasteiger partial charge in [0.15, 0.2) is 0 Å². The Morgan fingerprint density at radius 1 is 1.04 bits per heavy atom. The fourth-order valence-electron chi connectivity index (χ4n) is 3.28. The van der Waals surface area contributed by atoms with Gasteiger partial charge < -0.3 is 5.32 Å². The number of nitrogens with zero attached hydrogens (tertiary/aromatic N) is 1. The van der Waals surface area contributed by atoms with Gasteiger partial charge in [0.2, 0.25) is 0 Å². The molecule has 1 aliphatic rings. The number of nitrogens with one attached hydrogen (secondary N) is 1. The van der Waals surface area contributed by atoms with Crippen LogP contribution < -0.4 is 9.99 Å². The van der Waals surface area contributed by atoms with E-state index in [0.29, 0.717) is 0 Å². The molecule has 0 fully saturated rings. The van der Waals surface area contributed by atoms with Crippen molar-refractivity contribution in [1.29, 1.82) is 0 Å². The van der Waals surface area contributed by atoms with Crippen molar-refractivity contribution in [2.45, 2.75) is 39.7 Å². The van der Waals surface area contributed by atoms with Gasteiger partial charge in [0.25, 0.3) is 0 Å². The Balaban J connectivity index is 1.93. The average Bonchev–Trinajstić information content (AvgIpc) is 3.01. The van der Waals surface area contributed by atoms with E-state index >= 15 is 0 Å². The molecule has 2 heterocycles. The fourth-order valence-corrected chi connectivity index (χ4v) is 6.22. The zero-order chi connectivity index (χ0) is 17.6. The van der Waals surface area contributed by atoms with E-state index in [2.05, 4.69) is 75.5 Å². The topological polar surface area (TPSA) is 24.4 Å². The van der Waals surface area contributed by atoms with Crippen molar-refractivity contribution in [2.75, 3.05) is 5.32 Å².